The zero-order chi connectivity index (χ0) is 11.3. The van der Waals surface area contributed by atoms with Crippen molar-refractivity contribution < 1.29 is 9.53 Å². The van der Waals surface area contributed by atoms with Gasteiger partial charge in [-0.1, -0.05) is 0 Å². The molecule has 84 valence electrons. The first-order valence-corrected chi connectivity index (χ1v) is 4.80. The van der Waals surface area contributed by atoms with Crippen LogP contribution in [0.2, 0.25) is 0 Å². The highest BCUT2D eigenvalue weighted by Gasteiger charge is 2.16. The van der Waals surface area contributed by atoms with E-state index >= 15 is 0 Å². The molecule has 3 N–H and O–H groups in total. The van der Waals surface area contributed by atoms with Crippen molar-refractivity contribution in [1.82, 2.24) is 15.1 Å². The number of ether oxygens (including phenoxy) is 1. The molecule has 0 spiro atoms. The van der Waals surface area contributed by atoms with Crippen molar-refractivity contribution >= 4 is 6.09 Å². The lowest BCUT2D eigenvalue weighted by Gasteiger charge is -2.16. The molecule has 1 aromatic heterocycles. The highest BCUT2D eigenvalue weighted by atomic mass is 16.5. The van der Waals surface area contributed by atoms with E-state index in [2.05, 4.69) is 10.4 Å². The number of nitrogens with zero attached hydrogens (tertiary/aromatic N) is 2. The third-order valence-electron chi connectivity index (χ3n) is 2.02. The van der Waals surface area contributed by atoms with E-state index in [4.69, 9.17) is 10.5 Å². The summed E-state index contributed by atoms with van der Waals surface area (Å²) in [6.45, 7) is 2.40. The molecule has 0 saturated carbocycles. The van der Waals surface area contributed by atoms with Crippen LogP contribution >= 0.6 is 0 Å². The van der Waals surface area contributed by atoms with E-state index in [1.54, 1.807) is 24.9 Å². The summed E-state index contributed by atoms with van der Waals surface area (Å²) >= 11 is 0. The molecule has 0 bridgehead atoms. The highest BCUT2D eigenvalue weighted by molar-refractivity contribution is 5.67. The molecule has 0 aliphatic rings. The Labute approximate surface area is 88.4 Å². The van der Waals surface area contributed by atoms with Gasteiger partial charge in [0.05, 0.1) is 18.3 Å². The predicted octanol–water partition coefficient (Wildman–Crippen LogP) is 0.166. The molecule has 6 nitrogen and oxygen atoms in total. The van der Waals surface area contributed by atoms with E-state index < -0.39 is 6.09 Å². The van der Waals surface area contributed by atoms with Crippen LogP contribution < -0.4 is 11.1 Å². The normalized spacial score (nSPS) is 12.2. The lowest BCUT2D eigenvalue weighted by atomic mass is 10.2. The molecular weight excluding hydrogens is 196 g/mol. The van der Waals surface area contributed by atoms with Crippen molar-refractivity contribution in [3.63, 3.8) is 0 Å². The van der Waals surface area contributed by atoms with Gasteiger partial charge in [-0.2, -0.15) is 5.10 Å². The minimum atomic E-state index is -0.464. The van der Waals surface area contributed by atoms with Gasteiger partial charge < -0.3 is 15.8 Å². The molecule has 1 heterocycles. The number of aromatic nitrogens is 2. The van der Waals surface area contributed by atoms with Gasteiger partial charge in [0.1, 0.15) is 0 Å². The van der Waals surface area contributed by atoms with Crippen LogP contribution in [-0.2, 0) is 11.8 Å². The lowest BCUT2D eigenvalue weighted by molar-refractivity contribution is 0.148. The van der Waals surface area contributed by atoms with E-state index in [-0.39, 0.29) is 6.04 Å². The minimum absolute atomic E-state index is 0.267. The molecule has 0 fully saturated rings. The first-order chi connectivity index (χ1) is 7.19. The molecule has 1 aromatic rings. The number of nitrogens with two attached hydrogens (primary N) is 1. The molecule has 0 radical (unpaired) electrons. The van der Waals surface area contributed by atoms with Gasteiger partial charge in [-0.05, 0) is 13.0 Å². The molecule has 0 saturated heterocycles. The molecule has 0 aromatic carbocycles. The third kappa shape index (κ3) is 2.95. The number of nitrogens with one attached hydrogen (secondary N) is 1. The number of carbonyl (C=O) groups is 1. The maximum atomic E-state index is 11.2. The molecule has 15 heavy (non-hydrogen) atoms. The second-order valence-corrected chi connectivity index (χ2v) is 3.03. The Balaban J connectivity index is 2.64. The molecule has 1 atom stereocenters. The Bertz CT molecular complexity index is 324. The highest BCUT2D eigenvalue weighted by Crippen LogP contribution is 2.09. The fraction of sp³-hybridized carbons (Fsp3) is 0.556. The topological polar surface area (TPSA) is 82.2 Å². The average Bonchev–Trinajstić information content (AvgIpc) is 2.61. The lowest BCUT2D eigenvalue weighted by Crippen LogP contribution is -2.35. The Hall–Kier alpha value is -1.56. The largest absolute Gasteiger partial charge is 0.450 e. The average molecular weight is 212 g/mol. The van der Waals surface area contributed by atoms with Crippen LogP contribution in [0.1, 0.15) is 18.7 Å². The van der Waals surface area contributed by atoms with Crippen LogP contribution in [-0.4, -0.2) is 29.0 Å². The van der Waals surface area contributed by atoms with Gasteiger partial charge >= 0.3 is 6.09 Å². The summed E-state index contributed by atoms with van der Waals surface area (Å²) in [4.78, 5) is 11.2. The fourth-order valence-electron chi connectivity index (χ4n) is 1.29. The van der Waals surface area contributed by atoms with Crippen molar-refractivity contribution in [2.45, 2.75) is 13.0 Å². The van der Waals surface area contributed by atoms with Gasteiger partial charge in [-0.25, -0.2) is 4.79 Å². The number of rotatable bonds is 4. The smallest absolute Gasteiger partial charge is 0.407 e. The maximum Gasteiger partial charge on any atom is 0.407 e. The van der Waals surface area contributed by atoms with Crippen LogP contribution in [0, 0.1) is 0 Å². The van der Waals surface area contributed by atoms with Crippen molar-refractivity contribution in [3.8, 4) is 0 Å². The van der Waals surface area contributed by atoms with E-state index in [1.165, 1.54) is 0 Å². The number of aryl methyl sites for hydroxylation is 1. The zero-order valence-electron chi connectivity index (χ0n) is 8.93. The van der Waals surface area contributed by atoms with Crippen molar-refractivity contribution in [1.29, 1.82) is 0 Å². The van der Waals surface area contributed by atoms with Crippen molar-refractivity contribution in [2.24, 2.45) is 12.8 Å². The summed E-state index contributed by atoms with van der Waals surface area (Å²) in [5.41, 5.74) is 6.42. The van der Waals surface area contributed by atoms with Crippen LogP contribution in [0.4, 0.5) is 4.79 Å². The van der Waals surface area contributed by atoms with Crippen LogP contribution in [0.25, 0.3) is 0 Å². The maximum absolute atomic E-state index is 11.2. The summed E-state index contributed by atoms with van der Waals surface area (Å²) in [7, 11) is 1.80. The van der Waals surface area contributed by atoms with E-state index in [1.807, 2.05) is 6.07 Å². The standard InChI is InChI=1S/C9H16N4O2/c1-3-15-9(14)12-7(6-10)8-4-5-11-13(8)2/h4-5,7H,3,6,10H2,1-2H3,(H,12,14). The third-order valence-corrected chi connectivity index (χ3v) is 2.02. The van der Waals surface area contributed by atoms with Gasteiger partial charge in [-0.15, -0.1) is 0 Å². The van der Waals surface area contributed by atoms with Crippen molar-refractivity contribution in [2.75, 3.05) is 13.2 Å². The first-order valence-electron chi connectivity index (χ1n) is 4.80. The molecular formula is C9H16N4O2. The van der Waals surface area contributed by atoms with Gasteiger partial charge in [-0.3, -0.25) is 4.68 Å². The Morgan fingerprint density at radius 1 is 1.80 bits per heavy atom. The molecule has 0 aliphatic carbocycles. The van der Waals surface area contributed by atoms with Crippen molar-refractivity contribution in [3.05, 3.63) is 18.0 Å². The summed E-state index contributed by atoms with van der Waals surface area (Å²) in [5, 5.41) is 6.67. The van der Waals surface area contributed by atoms with Crippen LogP contribution in [0.5, 0.6) is 0 Å². The van der Waals surface area contributed by atoms with Gasteiger partial charge in [0.15, 0.2) is 0 Å². The molecule has 0 aliphatic heterocycles. The summed E-state index contributed by atoms with van der Waals surface area (Å²) in [6, 6.07) is 1.54. The molecule has 1 rings (SSSR count). The predicted molar refractivity (Wildman–Crippen MR) is 55.2 cm³/mol. The Kier molecular flexibility index (Phi) is 4.11. The van der Waals surface area contributed by atoms with Gasteiger partial charge in [0.2, 0.25) is 0 Å². The summed E-state index contributed by atoms with van der Waals surface area (Å²) < 4.78 is 6.45. The van der Waals surface area contributed by atoms with E-state index in [9.17, 15) is 4.79 Å². The number of alkyl carbamates (subject to hydrolysis) is 1. The number of carbonyl (C=O) groups excluding carboxylic acids is 1. The summed E-state index contributed by atoms with van der Waals surface area (Å²) in [6.07, 6.45) is 1.19. The molecule has 6 heteroatoms. The second-order valence-electron chi connectivity index (χ2n) is 3.03. The van der Waals surface area contributed by atoms with Crippen LogP contribution in [0.15, 0.2) is 12.3 Å². The quantitative estimate of drug-likeness (QED) is 0.745. The zero-order valence-corrected chi connectivity index (χ0v) is 8.93. The van der Waals surface area contributed by atoms with E-state index in [0.29, 0.717) is 13.2 Å². The first kappa shape index (κ1) is 11.5. The fourth-order valence-corrected chi connectivity index (χ4v) is 1.29. The SMILES string of the molecule is CCOC(=O)NC(CN)c1ccnn1C. The Morgan fingerprint density at radius 2 is 2.53 bits per heavy atom. The van der Waals surface area contributed by atoms with E-state index in [0.717, 1.165) is 5.69 Å². The van der Waals surface area contributed by atoms with Gasteiger partial charge in [0, 0.05) is 19.8 Å². The summed E-state index contributed by atoms with van der Waals surface area (Å²) in [5.74, 6) is 0. The van der Waals surface area contributed by atoms with Crippen LogP contribution in [0.3, 0.4) is 0 Å². The monoisotopic (exact) mass is 212 g/mol. The number of hydrogen-bond acceptors (Lipinski definition) is 4. The number of hydrogen-bond donors (Lipinski definition) is 2. The number of amides is 1. The van der Waals surface area contributed by atoms with Gasteiger partial charge in [0.25, 0.3) is 0 Å². The molecule has 1 amide bonds. The minimum Gasteiger partial charge on any atom is -0.450 e. The Morgan fingerprint density at radius 3 is 3.00 bits per heavy atom. The second kappa shape index (κ2) is 5.35. The molecule has 1 unspecified atom stereocenters.